The molecule has 3 aromatic carbocycles. The topological polar surface area (TPSA) is 101 Å². The molecule has 4 aromatic rings. The summed E-state index contributed by atoms with van der Waals surface area (Å²) in [6.07, 6.45) is 0.812. The molecule has 1 atom stereocenters. The van der Waals surface area contributed by atoms with Crippen molar-refractivity contribution in [1.29, 1.82) is 0 Å². The first-order valence-electron chi connectivity index (χ1n) is 12.5. The molecule has 0 saturated carbocycles. The van der Waals surface area contributed by atoms with E-state index in [0.29, 0.717) is 18.8 Å². The van der Waals surface area contributed by atoms with Gasteiger partial charge in [0.1, 0.15) is 17.6 Å². The van der Waals surface area contributed by atoms with E-state index >= 15 is 0 Å². The fourth-order valence-electron chi connectivity index (χ4n) is 4.23. The molecule has 1 aromatic heterocycles. The minimum absolute atomic E-state index is 0.151. The number of benzene rings is 3. The van der Waals surface area contributed by atoms with E-state index in [1.807, 2.05) is 110 Å². The van der Waals surface area contributed by atoms with Gasteiger partial charge in [-0.3, -0.25) is 4.79 Å². The van der Waals surface area contributed by atoms with Crippen LogP contribution >= 0.6 is 0 Å². The Balaban J connectivity index is 1.38. The summed E-state index contributed by atoms with van der Waals surface area (Å²) in [7, 11) is 1.83. The predicted molar refractivity (Wildman–Crippen MR) is 147 cm³/mol. The number of carboxylic acids is 1. The van der Waals surface area contributed by atoms with Gasteiger partial charge in [0.15, 0.2) is 0 Å². The van der Waals surface area contributed by atoms with Crippen LogP contribution in [0.2, 0.25) is 0 Å². The summed E-state index contributed by atoms with van der Waals surface area (Å²) in [6.45, 7) is 0.466. The van der Waals surface area contributed by atoms with Gasteiger partial charge in [0, 0.05) is 25.6 Å². The van der Waals surface area contributed by atoms with Crippen LogP contribution < -0.4 is 15.4 Å². The van der Waals surface area contributed by atoms with Gasteiger partial charge >= 0.3 is 5.97 Å². The lowest BCUT2D eigenvalue weighted by Gasteiger charge is -2.21. The van der Waals surface area contributed by atoms with E-state index in [1.165, 1.54) is 0 Å². The number of rotatable bonds is 12. The summed E-state index contributed by atoms with van der Waals surface area (Å²) in [4.78, 5) is 29.9. The van der Waals surface area contributed by atoms with Crippen LogP contribution in [0.1, 0.15) is 28.3 Å². The molecule has 38 heavy (non-hydrogen) atoms. The van der Waals surface area contributed by atoms with Gasteiger partial charge in [-0.05, 0) is 41.0 Å². The highest BCUT2D eigenvalue weighted by Gasteiger charge is 2.27. The van der Waals surface area contributed by atoms with Crippen LogP contribution in [0, 0.1) is 0 Å². The van der Waals surface area contributed by atoms with Crippen LogP contribution in [0.3, 0.4) is 0 Å². The van der Waals surface area contributed by atoms with Crippen molar-refractivity contribution in [2.24, 2.45) is 0 Å². The van der Waals surface area contributed by atoms with Crippen LogP contribution in [0.5, 0.6) is 5.75 Å². The molecule has 0 radical (unpaired) electrons. The first kappa shape index (κ1) is 26.4. The van der Waals surface area contributed by atoms with Crippen molar-refractivity contribution in [1.82, 2.24) is 10.3 Å². The summed E-state index contributed by atoms with van der Waals surface area (Å²) in [5.74, 6) is -0.563. The molecule has 0 aliphatic heterocycles. The van der Waals surface area contributed by atoms with Gasteiger partial charge in [0.05, 0.1) is 12.5 Å². The monoisotopic (exact) mass is 509 g/mol. The molecular weight excluding hydrogens is 478 g/mol. The predicted octanol–water partition coefficient (Wildman–Crippen LogP) is 4.69. The average molecular weight is 510 g/mol. The molecule has 0 aliphatic carbocycles. The van der Waals surface area contributed by atoms with E-state index in [4.69, 9.17) is 4.74 Å². The van der Waals surface area contributed by atoms with E-state index < -0.39 is 17.9 Å². The molecule has 194 valence electrons. The van der Waals surface area contributed by atoms with Crippen molar-refractivity contribution in [2.75, 3.05) is 19.0 Å². The lowest BCUT2D eigenvalue weighted by Crippen LogP contribution is -2.44. The third-order valence-electron chi connectivity index (χ3n) is 6.20. The number of nitrogens with zero attached hydrogens (tertiary/aromatic N) is 1. The maximum Gasteiger partial charge on any atom is 0.326 e. The lowest BCUT2D eigenvalue weighted by atomic mass is 9.90. The molecule has 0 spiro atoms. The Labute approximate surface area is 222 Å². The zero-order chi connectivity index (χ0) is 26.7. The Kier molecular flexibility index (Phi) is 9.07. The van der Waals surface area contributed by atoms with Crippen molar-refractivity contribution < 1.29 is 19.4 Å². The first-order chi connectivity index (χ1) is 18.5. The Hall–Kier alpha value is -4.65. The number of carbonyl (C=O) groups excluding carboxylic acids is 1. The standard InChI is InChI=1S/C31H31N3O4/c1-32-28-14-8-13-25(33-28)19-20-38-26-17-15-22(16-18-26)21-27(31(36)37)34-30(35)29(23-9-4-2-5-10-23)24-11-6-3-7-12-24/h2-18,27,29H,19-21H2,1H3,(H,32,33)(H,34,35)(H,36,37)/t27-/m0/s1. The Morgan fingerprint density at radius 3 is 2.05 bits per heavy atom. The highest BCUT2D eigenvalue weighted by molar-refractivity contribution is 5.90. The molecule has 1 heterocycles. The molecule has 7 heteroatoms. The quantitative estimate of drug-likeness (QED) is 0.256. The number of aliphatic carboxylic acids is 1. The number of anilines is 1. The minimum atomic E-state index is -1.09. The zero-order valence-electron chi connectivity index (χ0n) is 21.2. The number of carboxylic acid groups (broad SMARTS) is 1. The highest BCUT2D eigenvalue weighted by Crippen LogP contribution is 2.25. The number of hydrogen-bond donors (Lipinski definition) is 3. The van der Waals surface area contributed by atoms with Gasteiger partial charge < -0.3 is 20.5 Å². The number of hydrogen-bond acceptors (Lipinski definition) is 5. The van der Waals surface area contributed by atoms with Crippen LogP contribution in [0.25, 0.3) is 0 Å². The molecule has 4 rings (SSSR count). The fraction of sp³-hybridized carbons (Fsp3) is 0.194. The van der Waals surface area contributed by atoms with E-state index in [9.17, 15) is 14.7 Å². The fourth-order valence-corrected chi connectivity index (χ4v) is 4.23. The second kappa shape index (κ2) is 13.1. The number of carbonyl (C=O) groups is 2. The van der Waals surface area contributed by atoms with Gasteiger partial charge in [0.2, 0.25) is 5.91 Å². The molecular formula is C31H31N3O4. The van der Waals surface area contributed by atoms with E-state index in [0.717, 1.165) is 28.2 Å². The van der Waals surface area contributed by atoms with Crippen LogP contribution in [0.15, 0.2) is 103 Å². The smallest absolute Gasteiger partial charge is 0.326 e. The summed E-state index contributed by atoms with van der Waals surface area (Å²) in [5, 5.41) is 15.6. The van der Waals surface area contributed by atoms with Crippen molar-refractivity contribution >= 4 is 17.7 Å². The van der Waals surface area contributed by atoms with E-state index in [-0.39, 0.29) is 12.3 Å². The molecule has 3 N–H and O–H groups in total. The normalized spacial score (nSPS) is 11.5. The molecule has 0 saturated heterocycles. The second-order valence-electron chi connectivity index (χ2n) is 8.86. The maximum atomic E-state index is 13.4. The number of ether oxygens (including phenoxy) is 1. The SMILES string of the molecule is CNc1cccc(CCOc2ccc(C[C@H](NC(=O)C(c3ccccc3)c3ccccc3)C(=O)O)cc2)n1. The number of nitrogens with one attached hydrogen (secondary N) is 2. The first-order valence-corrected chi connectivity index (χ1v) is 12.5. The van der Waals surface area contributed by atoms with Crippen molar-refractivity contribution in [3.63, 3.8) is 0 Å². The Morgan fingerprint density at radius 2 is 1.47 bits per heavy atom. The summed E-state index contributed by atoms with van der Waals surface area (Å²) in [5.41, 5.74) is 3.31. The third kappa shape index (κ3) is 7.20. The molecule has 0 unspecified atom stereocenters. The molecule has 7 nitrogen and oxygen atoms in total. The van der Waals surface area contributed by atoms with Gasteiger partial charge in [-0.2, -0.15) is 0 Å². The number of amides is 1. The van der Waals surface area contributed by atoms with E-state index in [1.54, 1.807) is 0 Å². The molecule has 0 fully saturated rings. The van der Waals surface area contributed by atoms with Gasteiger partial charge in [0.25, 0.3) is 0 Å². The Bertz CT molecular complexity index is 1290. The zero-order valence-corrected chi connectivity index (χ0v) is 21.2. The second-order valence-corrected chi connectivity index (χ2v) is 8.86. The minimum Gasteiger partial charge on any atom is -0.493 e. The van der Waals surface area contributed by atoms with Crippen molar-refractivity contribution in [3.8, 4) is 5.75 Å². The van der Waals surface area contributed by atoms with Crippen molar-refractivity contribution in [3.05, 3.63) is 126 Å². The van der Waals surface area contributed by atoms with Gasteiger partial charge in [-0.1, -0.05) is 78.9 Å². The van der Waals surface area contributed by atoms with Crippen LogP contribution in [0.4, 0.5) is 5.82 Å². The van der Waals surface area contributed by atoms with Crippen LogP contribution in [-0.2, 0) is 22.4 Å². The highest BCUT2D eigenvalue weighted by atomic mass is 16.5. The summed E-state index contributed by atoms with van der Waals surface area (Å²) < 4.78 is 5.84. The van der Waals surface area contributed by atoms with Crippen molar-refractivity contribution in [2.45, 2.75) is 24.8 Å². The van der Waals surface area contributed by atoms with Crippen LogP contribution in [-0.4, -0.2) is 41.7 Å². The molecule has 0 aliphatic rings. The molecule has 1 amide bonds. The summed E-state index contributed by atoms with van der Waals surface area (Å²) >= 11 is 0. The largest absolute Gasteiger partial charge is 0.493 e. The van der Waals surface area contributed by atoms with Gasteiger partial charge in [-0.15, -0.1) is 0 Å². The third-order valence-corrected chi connectivity index (χ3v) is 6.20. The number of aromatic nitrogens is 1. The lowest BCUT2D eigenvalue weighted by molar-refractivity contribution is -0.141. The maximum absolute atomic E-state index is 13.4. The Morgan fingerprint density at radius 1 is 0.842 bits per heavy atom. The number of pyridine rings is 1. The van der Waals surface area contributed by atoms with Gasteiger partial charge in [-0.25, -0.2) is 9.78 Å². The molecule has 0 bridgehead atoms. The van der Waals surface area contributed by atoms with E-state index in [2.05, 4.69) is 15.6 Å². The summed E-state index contributed by atoms with van der Waals surface area (Å²) in [6, 6.07) is 30.7. The average Bonchev–Trinajstić information content (AvgIpc) is 2.95.